The molecule has 0 aliphatic carbocycles. The van der Waals surface area contributed by atoms with E-state index < -0.39 is 5.91 Å². The lowest BCUT2D eigenvalue weighted by Gasteiger charge is -2.08. The number of para-hydroxylation sites is 1. The fourth-order valence-corrected chi connectivity index (χ4v) is 1.81. The third-order valence-electron chi connectivity index (χ3n) is 2.80. The van der Waals surface area contributed by atoms with Crippen molar-refractivity contribution in [1.82, 2.24) is 4.98 Å². The fourth-order valence-electron chi connectivity index (χ4n) is 1.81. The summed E-state index contributed by atoms with van der Waals surface area (Å²) in [4.78, 5) is 27.3. The van der Waals surface area contributed by atoms with Crippen molar-refractivity contribution in [3.63, 3.8) is 0 Å². The second kappa shape index (κ2) is 6.47. The van der Waals surface area contributed by atoms with Crippen LogP contribution in [-0.2, 0) is 11.2 Å². The Morgan fingerprint density at radius 3 is 2.55 bits per heavy atom. The van der Waals surface area contributed by atoms with Gasteiger partial charge in [0.25, 0.3) is 5.91 Å². The zero-order valence-corrected chi connectivity index (χ0v) is 10.9. The molecule has 0 saturated carbocycles. The minimum Gasteiger partial charge on any atom is -0.366 e. The van der Waals surface area contributed by atoms with Crippen LogP contribution in [0, 0.1) is 0 Å². The number of amides is 2. The predicted octanol–water partition coefficient (Wildman–Crippen LogP) is 1.75. The lowest BCUT2D eigenvalue weighted by Crippen LogP contribution is -2.18. The summed E-state index contributed by atoms with van der Waals surface area (Å²) in [5.74, 6) is -0.741. The molecule has 0 aliphatic rings. The van der Waals surface area contributed by atoms with Gasteiger partial charge in [-0.15, -0.1) is 0 Å². The van der Waals surface area contributed by atoms with Gasteiger partial charge in [-0.25, -0.2) is 0 Å². The number of aryl methyl sites for hydroxylation is 1. The van der Waals surface area contributed by atoms with E-state index in [1.807, 2.05) is 18.2 Å². The van der Waals surface area contributed by atoms with E-state index in [1.165, 1.54) is 0 Å². The second-order valence-electron chi connectivity index (χ2n) is 4.28. The number of anilines is 1. The van der Waals surface area contributed by atoms with Crippen LogP contribution < -0.4 is 11.1 Å². The Bertz CT molecular complexity index is 612. The minimum atomic E-state index is -0.564. The standard InChI is InChI=1S/C15H15N3O2/c16-15(20)12-6-1-2-7-13(12)18-14(19)9-8-11-5-3-4-10-17-11/h1-7,10H,8-9H2,(H2,16,20)(H,18,19). The van der Waals surface area contributed by atoms with E-state index in [9.17, 15) is 9.59 Å². The average Bonchev–Trinajstić information content (AvgIpc) is 2.46. The van der Waals surface area contributed by atoms with Crippen molar-refractivity contribution in [1.29, 1.82) is 0 Å². The molecule has 0 unspecified atom stereocenters. The Morgan fingerprint density at radius 2 is 1.85 bits per heavy atom. The van der Waals surface area contributed by atoms with Gasteiger partial charge in [-0.3, -0.25) is 14.6 Å². The summed E-state index contributed by atoms with van der Waals surface area (Å²) in [5, 5.41) is 2.69. The van der Waals surface area contributed by atoms with Crippen LogP contribution in [0.1, 0.15) is 22.5 Å². The van der Waals surface area contributed by atoms with Crippen LogP contribution in [0.5, 0.6) is 0 Å². The first-order chi connectivity index (χ1) is 9.66. The van der Waals surface area contributed by atoms with E-state index in [-0.39, 0.29) is 5.91 Å². The van der Waals surface area contributed by atoms with Crippen LogP contribution >= 0.6 is 0 Å². The molecule has 5 heteroatoms. The number of nitrogens with zero attached hydrogens (tertiary/aromatic N) is 1. The fraction of sp³-hybridized carbons (Fsp3) is 0.133. The highest BCUT2D eigenvalue weighted by atomic mass is 16.2. The highest BCUT2D eigenvalue weighted by molar-refractivity contribution is 6.02. The third kappa shape index (κ3) is 3.65. The molecule has 1 aromatic carbocycles. The van der Waals surface area contributed by atoms with Crippen molar-refractivity contribution in [3.8, 4) is 0 Å². The van der Waals surface area contributed by atoms with Crippen LogP contribution in [0.2, 0.25) is 0 Å². The first-order valence-electron chi connectivity index (χ1n) is 6.25. The number of benzene rings is 1. The minimum absolute atomic E-state index is 0.177. The lowest BCUT2D eigenvalue weighted by molar-refractivity contribution is -0.116. The molecule has 0 saturated heterocycles. The van der Waals surface area contributed by atoms with E-state index in [4.69, 9.17) is 5.73 Å². The molecule has 0 atom stereocenters. The zero-order valence-electron chi connectivity index (χ0n) is 10.9. The van der Waals surface area contributed by atoms with E-state index in [0.29, 0.717) is 24.1 Å². The molecular formula is C15H15N3O2. The van der Waals surface area contributed by atoms with Gasteiger partial charge in [0, 0.05) is 18.3 Å². The molecule has 1 heterocycles. The number of hydrogen-bond donors (Lipinski definition) is 2. The van der Waals surface area contributed by atoms with Crippen molar-refractivity contribution in [2.24, 2.45) is 5.73 Å². The molecule has 5 nitrogen and oxygen atoms in total. The Labute approximate surface area is 116 Å². The SMILES string of the molecule is NC(=O)c1ccccc1NC(=O)CCc1ccccn1. The molecule has 0 aliphatic heterocycles. The number of carbonyl (C=O) groups excluding carboxylic acids is 2. The number of carbonyl (C=O) groups is 2. The van der Waals surface area contributed by atoms with E-state index in [2.05, 4.69) is 10.3 Å². The van der Waals surface area contributed by atoms with Gasteiger partial charge >= 0.3 is 0 Å². The first-order valence-corrected chi connectivity index (χ1v) is 6.25. The molecular weight excluding hydrogens is 254 g/mol. The molecule has 1 aromatic heterocycles. The average molecular weight is 269 g/mol. The van der Waals surface area contributed by atoms with Crippen molar-refractivity contribution < 1.29 is 9.59 Å². The molecule has 3 N–H and O–H groups in total. The summed E-state index contributed by atoms with van der Waals surface area (Å²) in [7, 11) is 0. The highest BCUT2D eigenvalue weighted by Gasteiger charge is 2.10. The first kappa shape index (κ1) is 13.7. The number of nitrogens with one attached hydrogen (secondary N) is 1. The van der Waals surface area contributed by atoms with Gasteiger partial charge in [0.2, 0.25) is 5.91 Å². The highest BCUT2D eigenvalue weighted by Crippen LogP contribution is 2.14. The summed E-state index contributed by atoms with van der Waals surface area (Å²) in [6, 6.07) is 12.2. The van der Waals surface area contributed by atoms with Gasteiger partial charge in [0.15, 0.2) is 0 Å². The van der Waals surface area contributed by atoms with Gasteiger partial charge in [0.05, 0.1) is 11.3 Å². The molecule has 2 rings (SSSR count). The molecule has 0 fully saturated rings. The summed E-state index contributed by atoms with van der Waals surface area (Å²) < 4.78 is 0. The van der Waals surface area contributed by atoms with Crippen LogP contribution in [0.15, 0.2) is 48.7 Å². The molecule has 0 bridgehead atoms. The Hall–Kier alpha value is -2.69. The maximum Gasteiger partial charge on any atom is 0.250 e. The van der Waals surface area contributed by atoms with Crippen LogP contribution in [0.3, 0.4) is 0 Å². The van der Waals surface area contributed by atoms with Crippen molar-refractivity contribution in [3.05, 3.63) is 59.9 Å². The van der Waals surface area contributed by atoms with Crippen molar-refractivity contribution in [2.45, 2.75) is 12.8 Å². The summed E-state index contributed by atoms with van der Waals surface area (Å²) in [5.41, 5.74) is 6.85. The van der Waals surface area contributed by atoms with Gasteiger partial charge in [-0.05, 0) is 30.7 Å². The summed E-state index contributed by atoms with van der Waals surface area (Å²) in [6.07, 6.45) is 2.53. The zero-order chi connectivity index (χ0) is 14.4. The number of primary amides is 1. The normalized spacial score (nSPS) is 10.0. The summed E-state index contributed by atoms with van der Waals surface area (Å²) in [6.45, 7) is 0. The lowest BCUT2D eigenvalue weighted by atomic mass is 10.1. The molecule has 0 radical (unpaired) electrons. The molecule has 102 valence electrons. The summed E-state index contributed by atoms with van der Waals surface area (Å²) >= 11 is 0. The number of aromatic nitrogens is 1. The van der Waals surface area contributed by atoms with Gasteiger partial charge in [0.1, 0.15) is 0 Å². The van der Waals surface area contributed by atoms with E-state index in [0.717, 1.165) is 5.69 Å². The van der Waals surface area contributed by atoms with Crippen molar-refractivity contribution >= 4 is 17.5 Å². The predicted molar refractivity (Wildman–Crippen MR) is 76.1 cm³/mol. The number of nitrogens with two attached hydrogens (primary N) is 1. The van der Waals surface area contributed by atoms with Gasteiger partial charge in [-0.2, -0.15) is 0 Å². The Morgan fingerprint density at radius 1 is 1.10 bits per heavy atom. The van der Waals surface area contributed by atoms with E-state index >= 15 is 0 Å². The number of rotatable bonds is 5. The molecule has 2 aromatic rings. The van der Waals surface area contributed by atoms with Crippen LogP contribution in [-0.4, -0.2) is 16.8 Å². The van der Waals surface area contributed by atoms with Gasteiger partial charge in [-0.1, -0.05) is 18.2 Å². The maximum absolute atomic E-state index is 11.9. The number of hydrogen-bond acceptors (Lipinski definition) is 3. The monoisotopic (exact) mass is 269 g/mol. The molecule has 0 spiro atoms. The topological polar surface area (TPSA) is 85.1 Å². The van der Waals surface area contributed by atoms with E-state index in [1.54, 1.807) is 30.5 Å². The van der Waals surface area contributed by atoms with Crippen LogP contribution in [0.25, 0.3) is 0 Å². The smallest absolute Gasteiger partial charge is 0.250 e. The largest absolute Gasteiger partial charge is 0.366 e. The maximum atomic E-state index is 11.9. The van der Waals surface area contributed by atoms with Crippen LogP contribution in [0.4, 0.5) is 5.69 Å². The third-order valence-corrected chi connectivity index (χ3v) is 2.80. The molecule has 20 heavy (non-hydrogen) atoms. The quantitative estimate of drug-likeness (QED) is 0.867. The Balaban J connectivity index is 1.97. The number of pyridine rings is 1. The molecule has 2 amide bonds. The Kier molecular flexibility index (Phi) is 4.44. The van der Waals surface area contributed by atoms with Crippen molar-refractivity contribution in [2.75, 3.05) is 5.32 Å². The van der Waals surface area contributed by atoms with Gasteiger partial charge < -0.3 is 11.1 Å². The second-order valence-corrected chi connectivity index (χ2v) is 4.28.